The fourth-order valence-electron chi connectivity index (χ4n) is 4.09. The Labute approximate surface area is 128 Å². The molecule has 0 radical (unpaired) electrons. The topological polar surface area (TPSA) is 52.6 Å². The Balaban J connectivity index is 1.41. The number of nitrogens with zero attached hydrogens (tertiary/aromatic N) is 1. The quantitative estimate of drug-likeness (QED) is 0.757. The molecule has 21 heavy (non-hydrogen) atoms. The lowest BCUT2D eigenvalue weighted by molar-refractivity contribution is -0.139. The Morgan fingerprint density at radius 1 is 1.14 bits per heavy atom. The maximum atomic E-state index is 11.0. The molecule has 2 N–H and O–H groups in total. The van der Waals surface area contributed by atoms with Crippen LogP contribution in [0.15, 0.2) is 0 Å². The highest BCUT2D eigenvalue weighted by Gasteiger charge is 2.38. The van der Waals surface area contributed by atoms with Crippen LogP contribution in [0.2, 0.25) is 0 Å². The fraction of sp³-hybridized carbons (Fsp3) is 0.941. The van der Waals surface area contributed by atoms with Gasteiger partial charge in [-0.25, -0.2) is 0 Å². The molecule has 3 aliphatic rings. The molecule has 4 nitrogen and oxygen atoms in total. The van der Waals surface area contributed by atoms with Gasteiger partial charge in [0.25, 0.3) is 0 Å². The summed E-state index contributed by atoms with van der Waals surface area (Å²) in [6.45, 7) is 3.60. The van der Waals surface area contributed by atoms with Gasteiger partial charge in [-0.05, 0) is 50.4 Å². The number of hydrogen-bond acceptors (Lipinski definition) is 3. The predicted molar refractivity (Wildman–Crippen MR) is 83.3 cm³/mol. The third-order valence-corrected chi connectivity index (χ3v) is 5.57. The van der Waals surface area contributed by atoms with E-state index in [0.29, 0.717) is 18.1 Å². The molecule has 0 amide bonds. The SMILES string of the molecule is CC1CCCC(NC2CC(N(CC(=O)O)CC3CC3)C2)C1. The van der Waals surface area contributed by atoms with E-state index < -0.39 is 5.97 Å². The molecule has 120 valence electrons. The van der Waals surface area contributed by atoms with Crippen LogP contribution in [0.4, 0.5) is 0 Å². The summed E-state index contributed by atoms with van der Waals surface area (Å²) >= 11 is 0. The molecule has 3 fully saturated rings. The van der Waals surface area contributed by atoms with Gasteiger partial charge < -0.3 is 10.4 Å². The zero-order valence-electron chi connectivity index (χ0n) is 13.3. The summed E-state index contributed by atoms with van der Waals surface area (Å²) in [7, 11) is 0. The summed E-state index contributed by atoms with van der Waals surface area (Å²) in [4.78, 5) is 13.3. The van der Waals surface area contributed by atoms with Crippen molar-refractivity contribution in [2.45, 2.75) is 76.4 Å². The molecule has 3 aliphatic carbocycles. The van der Waals surface area contributed by atoms with E-state index in [9.17, 15) is 4.79 Å². The third-order valence-electron chi connectivity index (χ3n) is 5.57. The van der Waals surface area contributed by atoms with Crippen LogP contribution < -0.4 is 5.32 Å². The van der Waals surface area contributed by atoms with Crippen LogP contribution in [0.3, 0.4) is 0 Å². The van der Waals surface area contributed by atoms with Crippen molar-refractivity contribution in [1.82, 2.24) is 10.2 Å². The molecule has 0 spiro atoms. The smallest absolute Gasteiger partial charge is 0.317 e. The second-order valence-electron chi connectivity index (χ2n) is 7.72. The molecule has 4 heteroatoms. The molecule has 0 aliphatic heterocycles. The van der Waals surface area contributed by atoms with Crippen molar-refractivity contribution in [3.05, 3.63) is 0 Å². The van der Waals surface area contributed by atoms with Crippen LogP contribution >= 0.6 is 0 Å². The Bertz CT molecular complexity index is 364. The lowest BCUT2D eigenvalue weighted by Gasteiger charge is -2.45. The Morgan fingerprint density at radius 2 is 1.90 bits per heavy atom. The summed E-state index contributed by atoms with van der Waals surface area (Å²) < 4.78 is 0. The Morgan fingerprint density at radius 3 is 2.52 bits per heavy atom. The third kappa shape index (κ3) is 4.43. The van der Waals surface area contributed by atoms with Gasteiger partial charge in [0.05, 0.1) is 6.54 Å². The van der Waals surface area contributed by atoms with Gasteiger partial charge in [-0.2, -0.15) is 0 Å². The molecule has 0 bridgehead atoms. The van der Waals surface area contributed by atoms with E-state index in [0.717, 1.165) is 31.2 Å². The summed E-state index contributed by atoms with van der Waals surface area (Å²) in [6.07, 6.45) is 10.3. The maximum absolute atomic E-state index is 11.0. The first kappa shape index (κ1) is 15.3. The van der Waals surface area contributed by atoms with E-state index >= 15 is 0 Å². The molecular formula is C17H30N2O2. The van der Waals surface area contributed by atoms with Crippen LogP contribution in [0.1, 0.15) is 58.3 Å². The van der Waals surface area contributed by atoms with Gasteiger partial charge >= 0.3 is 5.97 Å². The summed E-state index contributed by atoms with van der Waals surface area (Å²) in [6, 6.07) is 1.83. The monoisotopic (exact) mass is 294 g/mol. The summed E-state index contributed by atoms with van der Waals surface area (Å²) in [5.41, 5.74) is 0. The molecule has 3 rings (SSSR count). The zero-order chi connectivity index (χ0) is 14.8. The second-order valence-corrected chi connectivity index (χ2v) is 7.72. The van der Waals surface area contributed by atoms with Crippen molar-refractivity contribution in [3.8, 4) is 0 Å². The highest BCUT2D eigenvalue weighted by molar-refractivity contribution is 5.69. The van der Waals surface area contributed by atoms with E-state index in [1.807, 2.05) is 0 Å². The molecule has 2 unspecified atom stereocenters. The predicted octanol–water partition coefficient (Wildman–Crippen LogP) is 2.48. The molecular weight excluding hydrogens is 264 g/mol. The fourth-order valence-corrected chi connectivity index (χ4v) is 4.09. The number of aliphatic carboxylic acids is 1. The first-order valence-corrected chi connectivity index (χ1v) is 8.82. The minimum atomic E-state index is -0.673. The highest BCUT2D eigenvalue weighted by Crippen LogP contribution is 2.34. The van der Waals surface area contributed by atoms with Gasteiger partial charge in [-0.1, -0.05) is 19.8 Å². The van der Waals surface area contributed by atoms with Crippen LogP contribution in [0, 0.1) is 11.8 Å². The van der Waals surface area contributed by atoms with Crippen molar-refractivity contribution < 1.29 is 9.90 Å². The molecule has 0 aromatic heterocycles. The lowest BCUT2D eigenvalue weighted by Crippen LogP contribution is -2.56. The number of hydrogen-bond donors (Lipinski definition) is 2. The molecule has 0 heterocycles. The van der Waals surface area contributed by atoms with Gasteiger partial charge in [0.15, 0.2) is 0 Å². The molecule has 0 aromatic carbocycles. The molecule has 2 atom stereocenters. The average Bonchev–Trinajstić information content (AvgIpc) is 3.16. The number of carboxylic acids is 1. The number of nitrogens with one attached hydrogen (secondary N) is 1. The van der Waals surface area contributed by atoms with Crippen LogP contribution in [0.25, 0.3) is 0 Å². The molecule has 3 saturated carbocycles. The van der Waals surface area contributed by atoms with Crippen molar-refractivity contribution in [2.75, 3.05) is 13.1 Å². The summed E-state index contributed by atoms with van der Waals surface area (Å²) in [5, 5.41) is 12.9. The van der Waals surface area contributed by atoms with E-state index in [4.69, 9.17) is 5.11 Å². The van der Waals surface area contributed by atoms with E-state index in [1.165, 1.54) is 38.5 Å². The Hall–Kier alpha value is -0.610. The van der Waals surface area contributed by atoms with E-state index in [2.05, 4.69) is 17.1 Å². The summed E-state index contributed by atoms with van der Waals surface area (Å²) in [5.74, 6) is 0.967. The lowest BCUT2D eigenvalue weighted by atomic mass is 9.81. The number of rotatable bonds is 7. The van der Waals surface area contributed by atoms with Gasteiger partial charge in [0.1, 0.15) is 0 Å². The first-order chi connectivity index (χ1) is 10.1. The van der Waals surface area contributed by atoms with Gasteiger partial charge in [0.2, 0.25) is 0 Å². The van der Waals surface area contributed by atoms with Crippen LogP contribution in [-0.2, 0) is 4.79 Å². The molecule has 0 saturated heterocycles. The normalized spacial score (nSPS) is 36.5. The second kappa shape index (κ2) is 6.66. The van der Waals surface area contributed by atoms with Crippen LogP contribution in [0.5, 0.6) is 0 Å². The van der Waals surface area contributed by atoms with Crippen LogP contribution in [-0.4, -0.2) is 47.2 Å². The zero-order valence-corrected chi connectivity index (χ0v) is 13.3. The van der Waals surface area contributed by atoms with Crippen molar-refractivity contribution in [1.29, 1.82) is 0 Å². The van der Waals surface area contributed by atoms with E-state index in [1.54, 1.807) is 0 Å². The highest BCUT2D eigenvalue weighted by atomic mass is 16.4. The average molecular weight is 294 g/mol. The maximum Gasteiger partial charge on any atom is 0.317 e. The standard InChI is InChI=1S/C17H30N2O2/c1-12-3-2-4-14(7-12)18-15-8-16(9-15)19(11-17(20)21)10-13-5-6-13/h12-16,18H,2-11H2,1H3,(H,20,21). The van der Waals surface area contributed by atoms with Crippen molar-refractivity contribution in [3.63, 3.8) is 0 Å². The van der Waals surface area contributed by atoms with Gasteiger partial charge in [0, 0.05) is 24.7 Å². The van der Waals surface area contributed by atoms with Crippen molar-refractivity contribution in [2.24, 2.45) is 11.8 Å². The number of carboxylic acid groups (broad SMARTS) is 1. The van der Waals surface area contributed by atoms with Crippen molar-refractivity contribution >= 4 is 5.97 Å². The number of carbonyl (C=O) groups is 1. The van der Waals surface area contributed by atoms with Gasteiger partial charge in [-0.3, -0.25) is 9.69 Å². The minimum absolute atomic E-state index is 0.231. The first-order valence-electron chi connectivity index (χ1n) is 8.82. The minimum Gasteiger partial charge on any atom is -0.480 e. The largest absolute Gasteiger partial charge is 0.480 e. The Kier molecular flexibility index (Phi) is 4.85. The van der Waals surface area contributed by atoms with E-state index in [-0.39, 0.29) is 6.54 Å². The van der Waals surface area contributed by atoms with Gasteiger partial charge in [-0.15, -0.1) is 0 Å². The molecule has 0 aromatic rings.